The van der Waals surface area contributed by atoms with Gasteiger partial charge in [0.25, 0.3) is 6.33 Å². The fourth-order valence-corrected chi connectivity index (χ4v) is 0.965. The van der Waals surface area contributed by atoms with E-state index in [1.807, 2.05) is 17.7 Å². The van der Waals surface area contributed by atoms with Crippen molar-refractivity contribution in [1.82, 2.24) is 4.98 Å². The molecule has 0 bridgehead atoms. The number of hydrogen-bond acceptors (Lipinski definition) is 2. The SMILES string of the molecule is C[n+]1cncc2occc21. The van der Waals surface area contributed by atoms with Crippen LogP contribution in [-0.4, -0.2) is 4.98 Å². The first-order chi connectivity index (χ1) is 4.88. The Hall–Kier alpha value is -1.38. The van der Waals surface area contributed by atoms with Crippen molar-refractivity contribution < 1.29 is 8.98 Å². The summed E-state index contributed by atoms with van der Waals surface area (Å²) in [5.74, 6) is 0. The Morgan fingerprint density at radius 3 is 3.30 bits per heavy atom. The van der Waals surface area contributed by atoms with E-state index < -0.39 is 0 Å². The van der Waals surface area contributed by atoms with E-state index in [2.05, 4.69) is 4.98 Å². The first kappa shape index (κ1) is 5.41. The molecule has 2 aromatic rings. The van der Waals surface area contributed by atoms with Crippen LogP contribution in [0.3, 0.4) is 0 Å². The molecule has 0 saturated heterocycles. The second kappa shape index (κ2) is 1.80. The topological polar surface area (TPSA) is 29.9 Å². The highest BCUT2D eigenvalue weighted by Crippen LogP contribution is 2.06. The van der Waals surface area contributed by atoms with Crippen LogP contribution >= 0.6 is 0 Å². The van der Waals surface area contributed by atoms with Crippen molar-refractivity contribution in [2.75, 3.05) is 0 Å². The van der Waals surface area contributed by atoms with Crippen LogP contribution in [0.5, 0.6) is 0 Å². The molecular formula is C7H7N2O+. The highest BCUT2D eigenvalue weighted by molar-refractivity contribution is 5.66. The lowest BCUT2D eigenvalue weighted by Crippen LogP contribution is -2.28. The Morgan fingerprint density at radius 1 is 1.60 bits per heavy atom. The van der Waals surface area contributed by atoms with Gasteiger partial charge >= 0.3 is 0 Å². The first-order valence-electron chi connectivity index (χ1n) is 3.05. The van der Waals surface area contributed by atoms with E-state index in [9.17, 15) is 0 Å². The molecule has 2 heterocycles. The van der Waals surface area contributed by atoms with E-state index in [-0.39, 0.29) is 0 Å². The van der Waals surface area contributed by atoms with Crippen molar-refractivity contribution in [3.8, 4) is 0 Å². The van der Waals surface area contributed by atoms with Crippen molar-refractivity contribution in [3.05, 3.63) is 24.9 Å². The van der Waals surface area contributed by atoms with E-state index in [1.54, 1.807) is 18.8 Å². The molecule has 0 aliphatic carbocycles. The molecule has 0 fully saturated rings. The highest BCUT2D eigenvalue weighted by Gasteiger charge is 2.03. The molecule has 0 aromatic carbocycles. The van der Waals surface area contributed by atoms with Gasteiger partial charge < -0.3 is 4.42 Å². The summed E-state index contributed by atoms with van der Waals surface area (Å²) in [5, 5.41) is 0. The second-order valence-electron chi connectivity index (χ2n) is 2.17. The van der Waals surface area contributed by atoms with Crippen LogP contribution in [0.1, 0.15) is 0 Å². The predicted molar refractivity (Wildman–Crippen MR) is 35.2 cm³/mol. The number of fused-ring (bicyclic) bond motifs is 1. The van der Waals surface area contributed by atoms with E-state index in [4.69, 9.17) is 4.42 Å². The molecule has 0 unspecified atom stereocenters. The van der Waals surface area contributed by atoms with Crippen molar-refractivity contribution in [2.24, 2.45) is 7.05 Å². The molecule has 0 N–H and O–H groups in total. The minimum absolute atomic E-state index is 0.824. The van der Waals surface area contributed by atoms with Gasteiger partial charge in [0.15, 0.2) is 11.7 Å². The summed E-state index contributed by atoms with van der Waals surface area (Å²) in [4.78, 5) is 3.95. The van der Waals surface area contributed by atoms with Crippen LogP contribution in [-0.2, 0) is 7.05 Å². The monoisotopic (exact) mass is 135 g/mol. The van der Waals surface area contributed by atoms with Crippen molar-refractivity contribution in [3.63, 3.8) is 0 Å². The van der Waals surface area contributed by atoms with Crippen molar-refractivity contribution in [2.45, 2.75) is 0 Å². The lowest BCUT2D eigenvalue weighted by atomic mass is 10.5. The van der Waals surface area contributed by atoms with Gasteiger partial charge in [-0.1, -0.05) is 4.98 Å². The maximum absolute atomic E-state index is 5.12. The third-order valence-electron chi connectivity index (χ3n) is 1.49. The summed E-state index contributed by atoms with van der Waals surface area (Å²) in [6.07, 6.45) is 5.11. The zero-order chi connectivity index (χ0) is 6.97. The number of furan rings is 1. The number of aryl methyl sites for hydroxylation is 1. The summed E-state index contributed by atoms with van der Waals surface area (Å²) in [6, 6.07) is 1.91. The number of rotatable bonds is 0. The number of aromatic nitrogens is 2. The fourth-order valence-electron chi connectivity index (χ4n) is 0.965. The third kappa shape index (κ3) is 0.603. The van der Waals surface area contributed by atoms with Gasteiger partial charge in [0, 0.05) is 6.07 Å². The first-order valence-corrected chi connectivity index (χ1v) is 3.05. The second-order valence-corrected chi connectivity index (χ2v) is 2.17. The molecule has 3 nitrogen and oxygen atoms in total. The molecule has 3 heteroatoms. The molecule has 0 aliphatic heterocycles. The molecule has 0 aliphatic rings. The van der Waals surface area contributed by atoms with Crippen LogP contribution in [0.4, 0.5) is 0 Å². The van der Waals surface area contributed by atoms with Crippen LogP contribution in [0, 0.1) is 0 Å². The maximum Gasteiger partial charge on any atom is 0.286 e. The normalized spacial score (nSPS) is 10.5. The largest absolute Gasteiger partial charge is 0.456 e. The summed E-state index contributed by atoms with van der Waals surface area (Å²) >= 11 is 0. The third-order valence-corrected chi connectivity index (χ3v) is 1.49. The van der Waals surface area contributed by atoms with Crippen molar-refractivity contribution >= 4 is 11.1 Å². The van der Waals surface area contributed by atoms with Gasteiger partial charge in [-0.05, 0) is 0 Å². The summed E-state index contributed by atoms with van der Waals surface area (Å²) in [5.41, 5.74) is 1.89. The lowest BCUT2D eigenvalue weighted by molar-refractivity contribution is -0.648. The van der Waals surface area contributed by atoms with Gasteiger partial charge in [0.05, 0.1) is 13.3 Å². The highest BCUT2D eigenvalue weighted by atomic mass is 16.3. The predicted octanol–water partition coefficient (Wildman–Crippen LogP) is 0.652. The minimum Gasteiger partial charge on any atom is -0.456 e. The Balaban J connectivity index is 2.95. The van der Waals surface area contributed by atoms with E-state index in [0.29, 0.717) is 0 Å². The van der Waals surface area contributed by atoms with Crippen LogP contribution in [0.15, 0.2) is 29.3 Å². The molecule has 0 saturated carbocycles. The zero-order valence-electron chi connectivity index (χ0n) is 5.61. The van der Waals surface area contributed by atoms with Gasteiger partial charge in [-0.2, -0.15) is 0 Å². The molecular weight excluding hydrogens is 128 g/mol. The quantitative estimate of drug-likeness (QED) is 0.496. The molecule has 0 atom stereocenters. The molecule has 10 heavy (non-hydrogen) atoms. The molecule has 0 radical (unpaired) electrons. The zero-order valence-corrected chi connectivity index (χ0v) is 5.61. The van der Waals surface area contributed by atoms with E-state index in [1.165, 1.54) is 0 Å². The van der Waals surface area contributed by atoms with E-state index in [0.717, 1.165) is 11.1 Å². The van der Waals surface area contributed by atoms with Gasteiger partial charge in [0.2, 0.25) is 5.58 Å². The van der Waals surface area contributed by atoms with Crippen LogP contribution in [0.2, 0.25) is 0 Å². The Bertz CT molecular complexity index is 353. The fraction of sp³-hybridized carbons (Fsp3) is 0.143. The maximum atomic E-state index is 5.12. The van der Waals surface area contributed by atoms with Gasteiger partial charge in [-0.15, -0.1) is 0 Å². The average molecular weight is 135 g/mol. The van der Waals surface area contributed by atoms with Gasteiger partial charge in [-0.25, -0.2) is 4.57 Å². The average Bonchev–Trinajstić information content (AvgIpc) is 2.36. The smallest absolute Gasteiger partial charge is 0.286 e. The van der Waals surface area contributed by atoms with Gasteiger partial charge in [0.1, 0.15) is 0 Å². The van der Waals surface area contributed by atoms with Gasteiger partial charge in [-0.3, -0.25) is 0 Å². The number of nitrogens with zero attached hydrogens (tertiary/aromatic N) is 2. The molecule has 0 amide bonds. The minimum atomic E-state index is 0.824. The number of hydrogen-bond donors (Lipinski definition) is 0. The molecule has 2 aromatic heterocycles. The van der Waals surface area contributed by atoms with Crippen molar-refractivity contribution in [1.29, 1.82) is 0 Å². The Morgan fingerprint density at radius 2 is 2.50 bits per heavy atom. The van der Waals surface area contributed by atoms with Crippen LogP contribution < -0.4 is 4.57 Å². The summed E-state index contributed by atoms with van der Waals surface area (Å²) in [6.45, 7) is 0. The molecule has 2 rings (SSSR count). The van der Waals surface area contributed by atoms with E-state index >= 15 is 0 Å². The Labute approximate surface area is 57.9 Å². The summed E-state index contributed by atoms with van der Waals surface area (Å²) in [7, 11) is 1.94. The van der Waals surface area contributed by atoms with Crippen LogP contribution in [0.25, 0.3) is 11.1 Å². The molecule has 0 spiro atoms. The molecule has 50 valence electrons. The standard InChI is InChI=1S/C7H7N2O/c1-9-5-8-4-7-6(9)2-3-10-7/h2-5H,1H3/q+1. The summed E-state index contributed by atoms with van der Waals surface area (Å²) < 4.78 is 7.03. The Kier molecular flexibility index (Phi) is 0.974. The lowest BCUT2D eigenvalue weighted by Gasteiger charge is -1.85.